The lowest BCUT2D eigenvalue weighted by Crippen LogP contribution is -2.40. The number of fused-ring (bicyclic) bond motifs is 1. The van der Waals surface area contributed by atoms with E-state index < -0.39 is 6.04 Å². The van der Waals surface area contributed by atoms with Gasteiger partial charge in [-0.05, 0) is 30.5 Å². The summed E-state index contributed by atoms with van der Waals surface area (Å²) in [5, 5.41) is 22.3. The van der Waals surface area contributed by atoms with Gasteiger partial charge < -0.3 is 21.1 Å². The fourth-order valence-corrected chi connectivity index (χ4v) is 3.15. The Kier molecular flexibility index (Phi) is 5.84. The zero-order chi connectivity index (χ0) is 20.9. The minimum absolute atomic E-state index is 0.0955. The topological polar surface area (TPSA) is 117 Å². The molecule has 9 nitrogen and oxygen atoms in total. The van der Waals surface area contributed by atoms with E-state index in [1.807, 2.05) is 10.9 Å². The van der Waals surface area contributed by atoms with Crippen LogP contribution in [0, 0.1) is 5.82 Å². The Hall–Kier alpha value is -3.53. The van der Waals surface area contributed by atoms with E-state index in [2.05, 4.69) is 31.0 Å². The maximum atomic E-state index is 13.0. The first-order chi connectivity index (χ1) is 14.6. The normalized spacial score (nSPS) is 15.3. The van der Waals surface area contributed by atoms with E-state index in [9.17, 15) is 9.18 Å². The predicted octanol–water partition coefficient (Wildman–Crippen LogP) is 1.78. The predicted molar refractivity (Wildman–Crippen MR) is 109 cm³/mol. The van der Waals surface area contributed by atoms with Crippen molar-refractivity contribution in [3.8, 4) is 0 Å². The molecule has 0 fully saturated rings. The second-order valence-electron chi connectivity index (χ2n) is 7.00. The second-order valence-corrected chi connectivity index (χ2v) is 7.00. The largest absolute Gasteiger partial charge is 0.396 e. The Morgan fingerprint density at radius 2 is 2.03 bits per heavy atom. The number of aliphatic hydroxyl groups is 1. The van der Waals surface area contributed by atoms with Crippen LogP contribution in [0.25, 0.3) is 0 Å². The average Bonchev–Trinajstić information content (AvgIpc) is 3.20. The molecule has 3 heterocycles. The molecule has 3 aromatic rings. The van der Waals surface area contributed by atoms with Gasteiger partial charge in [-0.1, -0.05) is 12.1 Å². The van der Waals surface area contributed by atoms with Crippen LogP contribution in [0.15, 0.2) is 42.9 Å². The van der Waals surface area contributed by atoms with Gasteiger partial charge in [-0.15, -0.1) is 0 Å². The number of aromatic nitrogens is 4. The van der Waals surface area contributed by atoms with Crippen LogP contribution in [-0.2, 0) is 24.3 Å². The molecule has 0 unspecified atom stereocenters. The molecule has 1 amide bonds. The Balaban J connectivity index is 1.32. The van der Waals surface area contributed by atoms with Gasteiger partial charge in [0.15, 0.2) is 5.82 Å². The van der Waals surface area contributed by atoms with E-state index in [0.29, 0.717) is 37.0 Å². The molecule has 10 heteroatoms. The van der Waals surface area contributed by atoms with Crippen LogP contribution in [0.5, 0.6) is 0 Å². The third-order valence-electron chi connectivity index (χ3n) is 4.77. The summed E-state index contributed by atoms with van der Waals surface area (Å²) >= 11 is 0. The summed E-state index contributed by atoms with van der Waals surface area (Å²) < 4.78 is 14.8. The number of carbonyl (C=O) groups excluding carboxylic acids is 1. The van der Waals surface area contributed by atoms with E-state index in [0.717, 1.165) is 17.5 Å². The highest BCUT2D eigenvalue weighted by atomic mass is 19.1. The summed E-state index contributed by atoms with van der Waals surface area (Å²) in [6.45, 7) is 1.08. The minimum atomic E-state index is -0.524. The Morgan fingerprint density at radius 1 is 1.20 bits per heavy atom. The number of nitrogens with one attached hydrogen (secondary N) is 3. The zero-order valence-electron chi connectivity index (χ0n) is 16.2. The molecule has 1 aliphatic rings. The SMILES string of the molecule is O=C1Nc2cnc(NCc3cnn(CCc4ccc(F)cc4)c3)nc2N[C@H]1CCO. The van der Waals surface area contributed by atoms with E-state index in [1.165, 1.54) is 18.3 Å². The lowest BCUT2D eigenvalue weighted by Gasteiger charge is -2.25. The smallest absolute Gasteiger partial charge is 0.247 e. The summed E-state index contributed by atoms with van der Waals surface area (Å²) in [5.74, 6) is 0.478. The van der Waals surface area contributed by atoms with Crippen molar-refractivity contribution >= 4 is 23.4 Å². The first kappa shape index (κ1) is 19.8. The maximum absolute atomic E-state index is 13.0. The number of nitrogens with zero attached hydrogens (tertiary/aromatic N) is 4. The highest BCUT2D eigenvalue weighted by Crippen LogP contribution is 2.25. The molecule has 2 aromatic heterocycles. The van der Waals surface area contributed by atoms with Gasteiger partial charge in [-0.25, -0.2) is 9.37 Å². The Morgan fingerprint density at radius 3 is 2.83 bits per heavy atom. The molecule has 30 heavy (non-hydrogen) atoms. The quantitative estimate of drug-likeness (QED) is 0.446. The van der Waals surface area contributed by atoms with Crippen molar-refractivity contribution in [3.05, 3.63) is 59.8 Å². The summed E-state index contributed by atoms with van der Waals surface area (Å²) in [6.07, 6.45) is 6.30. The number of halogens is 1. The van der Waals surface area contributed by atoms with Crippen molar-refractivity contribution in [2.45, 2.75) is 32.0 Å². The maximum Gasteiger partial charge on any atom is 0.247 e. The number of benzene rings is 1. The van der Waals surface area contributed by atoms with Crippen LogP contribution in [0.1, 0.15) is 17.5 Å². The fraction of sp³-hybridized carbons (Fsp3) is 0.300. The number of amides is 1. The van der Waals surface area contributed by atoms with Gasteiger partial charge in [-0.3, -0.25) is 9.48 Å². The van der Waals surface area contributed by atoms with Crippen LogP contribution < -0.4 is 16.0 Å². The van der Waals surface area contributed by atoms with Crippen molar-refractivity contribution in [1.29, 1.82) is 0 Å². The van der Waals surface area contributed by atoms with Crippen LogP contribution in [0.2, 0.25) is 0 Å². The summed E-state index contributed by atoms with van der Waals surface area (Å²) in [7, 11) is 0. The van der Waals surface area contributed by atoms with Gasteiger partial charge in [0.25, 0.3) is 0 Å². The van der Waals surface area contributed by atoms with E-state index in [1.54, 1.807) is 18.3 Å². The third-order valence-corrected chi connectivity index (χ3v) is 4.77. The third kappa shape index (κ3) is 4.71. The lowest BCUT2D eigenvalue weighted by atomic mass is 10.1. The first-order valence-corrected chi connectivity index (χ1v) is 9.65. The molecule has 0 spiro atoms. The number of carbonyl (C=O) groups is 1. The van der Waals surface area contributed by atoms with Gasteiger partial charge in [-0.2, -0.15) is 10.1 Å². The van der Waals surface area contributed by atoms with E-state index >= 15 is 0 Å². The summed E-state index contributed by atoms with van der Waals surface area (Å²) in [5.41, 5.74) is 2.52. The standard InChI is InChI=1S/C20H22FN7O2/c21-15-3-1-13(2-4-15)5-7-28-12-14(10-24-28)9-22-20-23-11-17-18(27-20)25-16(6-8-29)19(30)26-17/h1-4,10-12,16,29H,5-9H2,(H,26,30)(H2,22,23,25,27)/t16-/m0/s1. The fourth-order valence-electron chi connectivity index (χ4n) is 3.15. The number of aryl methyl sites for hydroxylation is 2. The highest BCUT2D eigenvalue weighted by Gasteiger charge is 2.26. The van der Waals surface area contributed by atoms with Gasteiger partial charge in [0.05, 0.1) is 12.4 Å². The van der Waals surface area contributed by atoms with Crippen molar-refractivity contribution in [1.82, 2.24) is 19.7 Å². The van der Waals surface area contributed by atoms with Crippen molar-refractivity contribution in [2.75, 3.05) is 22.6 Å². The van der Waals surface area contributed by atoms with Crippen molar-refractivity contribution in [2.24, 2.45) is 0 Å². The molecular weight excluding hydrogens is 389 g/mol. The van der Waals surface area contributed by atoms with Crippen LogP contribution >= 0.6 is 0 Å². The molecule has 0 saturated heterocycles. The number of rotatable bonds is 8. The molecule has 0 radical (unpaired) electrons. The van der Waals surface area contributed by atoms with E-state index in [-0.39, 0.29) is 18.3 Å². The number of aliphatic hydroxyl groups excluding tert-OH is 1. The molecule has 0 aliphatic carbocycles. The molecular formula is C20H22FN7O2. The summed E-state index contributed by atoms with van der Waals surface area (Å²) in [4.78, 5) is 20.5. The molecule has 0 saturated carbocycles. The van der Waals surface area contributed by atoms with Crippen LogP contribution in [0.3, 0.4) is 0 Å². The molecule has 1 aliphatic heterocycles. The minimum Gasteiger partial charge on any atom is -0.396 e. The molecule has 1 atom stereocenters. The van der Waals surface area contributed by atoms with Gasteiger partial charge in [0, 0.05) is 31.5 Å². The number of anilines is 3. The van der Waals surface area contributed by atoms with Crippen LogP contribution in [0.4, 0.5) is 21.8 Å². The van der Waals surface area contributed by atoms with Crippen LogP contribution in [-0.4, -0.2) is 43.4 Å². The Labute approximate surface area is 172 Å². The van der Waals surface area contributed by atoms with Gasteiger partial charge in [0.2, 0.25) is 11.9 Å². The molecule has 0 bridgehead atoms. The van der Waals surface area contributed by atoms with Gasteiger partial charge in [0.1, 0.15) is 17.5 Å². The Bertz CT molecular complexity index is 1020. The molecule has 4 N–H and O–H groups in total. The van der Waals surface area contributed by atoms with Crippen molar-refractivity contribution < 1.29 is 14.3 Å². The zero-order valence-corrected chi connectivity index (χ0v) is 16.2. The first-order valence-electron chi connectivity index (χ1n) is 9.65. The average molecular weight is 411 g/mol. The number of hydrogen-bond acceptors (Lipinski definition) is 7. The monoisotopic (exact) mass is 411 g/mol. The molecule has 4 rings (SSSR count). The molecule has 156 valence electrons. The highest BCUT2D eigenvalue weighted by molar-refractivity contribution is 6.02. The lowest BCUT2D eigenvalue weighted by molar-refractivity contribution is -0.117. The summed E-state index contributed by atoms with van der Waals surface area (Å²) in [6, 6.07) is 5.94. The second kappa shape index (κ2) is 8.87. The van der Waals surface area contributed by atoms with E-state index in [4.69, 9.17) is 5.11 Å². The molecule has 1 aromatic carbocycles. The van der Waals surface area contributed by atoms with Gasteiger partial charge >= 0.3 is 0 Å². The van der Waals surface area contributed by atoms with Crippen molar-refractivity contribution in [3.63, 3.8) is 0 Å². The number of hydrogen-bond donors (Lipinski definition) is 4.